The normalized spacial score (nSPS) is 16.6. The monoisotopic (exact) mass is 390 g/mol. The van der Waals surface area contributed by atoms with Crippen LogP contribution in [0.4, 0.5) is 0 Å². The van der Waals surface area contributed by atoms with E-state index < -0.39 is 22.0 Å². The van der Waals surface area contributed by atoms with Gasteiger partial charge in [0.25, 0.3) is 0 Å². The molecule has 0 radical (unpaired) electrons. The number of benzene rings is 2. The molecule has 1 saturated heterocycles. The first-order chi connectivity index (χ1) is 13.0. The Balaban J connectivity index is 1.72. The van der Waals surface area contributed by atoms with Gasteiger partial charge in [-0.3, -0.25) is 4.79 Å². The van der Waals surface area contributed by atoms with Crippen LogP contribution in [0.3, 0.4) is 0 Å². The first kappa shape index (κ1) is 19.3. The highest BCUT2D eigenvalue weighted by molar-refractivity contribution is 7.89. The van der Waals surface area contributed by atoms with Crippen LogP contribution in [0, 0.1) is 5.92 Å². The number of hydrogen-bond acceptors (Lipinski definition) is 5. The molecule has 0 aromatic heterocycles. The molecule has 3 rings (SSSR count). The molecule has 1 aliphatic heterocycles. The number of aliphatic carboxylic acids is 1. The van der Waals surface area contributed by atoms with Gasteiger partial charge >= 0.3 is 5.97 Å². The molecular weight excluding hydrogens is 368 g/mol. The second kappa shape index (κ2) is 8.51. The van der Waals surface area contributed by atoms with Crippen LogP contribution >= 0.6 is 0 Å². The Labute approximate surface area is 158 Å². The van der Waals surface area contributed by atoms with Crippen LogP contribution in [-0.4, -0.2) is 38.6 Å². The molecule has 0 amide bonds. The summed E-state index contributed by atoms with van der Waals surface area (Å²) in [6.07, 6.45) is 1.23. The molecule has 0 spiro atoms. The minimum absolute atomic E-state index is 0.00287. The summed E-state index contributed by atoms with van der Waals surface area (Å²) in [6, 6.07) is 13.9. The van der Waals surface area contributed by atoms with E-state index in [9.17, 15) is 18.3 Å². The fourth-order valence-electron chi connectivity index (χ4n) is 3.07. The SMILES string of the molecule is O=C(O)C(NS(=O)(=O)c1ccc(Oc2ccccc2)cc1)C1CCNCC1. The lowest BCUT2D eigenvalue weighted by Gasteiger charge is -2.28. The zero-order valence-corrected chi connectivity index (χ0v) is 15.5. The van der Waals surface area contributed by atoms with Crippen molar-refractivity contribution in [2.24, 2.45) is 5.92 Å². The predicted octanol–water partition coefficient (Wildman–Crippen LogP) is 2.21. The Hall–Kier alpha value is -2.42. The molecule has 0 aliphatic carbocycles. The third-order valence-electron chi connectivity index (χ3n) is 4.52. The highest BCUT2D eigenvalue weighted by Crippen LogP contribution is 2.24. The summed E-state index contributed by atoms with van der Waals surface area (Å²) in [5, 5.41) is 12.6. The summed E-state index contributed by atoms with van der Waals surface area (Å²) in [5.74, 6) is -0.259. The van der Waals surface area contributed by atoms with Crippen molar-refractivity contribution in [3.8, 4) is 11.5 Å². The summed E-state index contributed by atoms with van der Waals surface area (Å²) in [4.78, 5) is 11.6. The molecule has 144 valence electrons. The van der Waals surface area contributed by atoms with Crippen LogP contribution in [0.15, 0.2) is 59.5 Å². The first-order valence-corrected chi connectivity index (χ1v) is 10.2. The molecule has 7 nitrogen and oxygen atoms in total. The van der Waals surface area contributed by atoms with E-state index in [1.165, 1.54) is 12.1 Å². The van der Waals surface area contributed by atoms with Gasteiger partial charge in [0.2, 0.25) is 10.0 Å². The molecule has 1 atom stereocenters. The highest BCUT2D eigenvalue weighted by Gasteiger charge is 2.33. The van der Waals surface area contributed by atoms with E-state index >= 15 is 0 Å². The smallest absolute Gasteiger partial charge is 0.322 e. The summed E-state index contributed by atoms with van der Waals surface area (Å²) in [5.41, 5.74) is 0. The molecular formula is C19H22N2O5S. The lowest BCUT2D eigenvalue weighted by molar-refractivity contribution is -0.140. The summed E-state index contributed by atoms with van der Waals surface area (Å²) in [6.45, 7) is 1.36. The van der Waals surface area contributed by atoms with Gasteiger partial charge in [0.1, 0.15) is 17.5 Å². The second-order valence-electron chi connectivity index (χ2n) is 6.41. The van der Waals surface area contributed by atoms with Crippen molar-refractivity contribution < 1.29 is 23.1 Å². The van der Waals surface area contributed by atoms with Crippen molar-refractivity contribution in [3.63, 3.8) is 0 Å². The van der Waals surface area contributed by atoms with Crippen molar-refractivity contribution in [2.45, 2.75) is 23.8 Å². The van der Waals surface area contributed by atoms with Gasteiger partial charge < -0.3 is 15.2 Å². The number of carboxylic acids is 1. The lowest BCUT2D eigenvalue weighted by atomic mass is 9.91. The summed E-state index contributed by atoms with van der Waals surface area (Å²) in [7, 11) is -3.95. The van der Waals surface area contributed by atoms with Gasteiger partial charge in [0, 0.05) is 0 Å². The van der Waals surface area contributed by atoms with Crippen molar-refractivity contribution >= 4 is 16.0 Å². The number of sulfonamides is 1. The number of nitrogens with one attached hydrogen (secondary N) is 2. The molecule has 27 heavy (non-hydrogen) atoms. The third kappa shape index (κ3) is 5.06. The van der Waals surface area contributed by atoms with Crippen molar-refractivity contribution in [1.29, 1.82) is 0 Å². The fraction of sp³-hybridized carbons (Fsp3) is 0.316. The van der Waals surface area contributed by atoms with Gasteiger partial charge in [-0.05, 0) is 68.2 Å². The average molecular weight is 390 g/mol. The van der Waals surface area contributed by atoms with Crippen molar-refractivity contribution in [1.82, 2.24) is 10.0 Å². The molecule has 0 bridgehead atoms. The Morgan fingerprint density at radius 3 is 2.22 bits per heavy atom. The van der Waals surface area contributed by atoms with E-state index in [0.717, 1.165) is 0 Å². The maximum absolute atomic E-state index is 12.6. The number of piperidine rings is 1. The van der Waals surface area contributed by atoms with Crippen molar-refractivity contribution in [2.75, 3.05) is 13.1 Å². The summed E-state index contributed by atoms with van der Waals surface area (Å²) < 4.78 is 33.3. The number of para-hydroxylation sites is 1. The average Bonchev–Trinajstić information content (AvgIpc) is 2.68. The van der Waals surface area contributed by atoms with Gasteiger partial charge in [-0.15, -0.1) is 0 Å². The van der Waals surface area contributed by atoms with E-state index in [2.05, 4.69) is 10.0 Å². The van der Waals surface area contributed by atoms with Crippen LogP contribution in [-0.2, 0) is 14.8 Å². The van der Waals surface area contributed by atoms with Crippen LogP contribution in [0.1, 0.15) is 12.8 Å². The van der Waals surface area contributed by atoms with E-state index in [4.69, 9.17) is 4.74 Å². The Kier molecular flexibility index (Phi) is 6.10. The zero-order chi connectivity index (χ0) is 19.3. The quantitative estimate of drug-likeness (QED) is 0.670. The largest absolute Gasteiger partial charge is 0.480 e. The van der Waals surface area contributed by atoms with Crippen molar-refractivity contribution in [3.05, 3.63) is 54.6 Å². The Bertz CT molecular complexity index is 863. The minimum atomic E-state index is -3.95. The van der Waals surface area contributed by atoms with E-state index in [1.807, 2.05) is 18.2 Å². The number of rotatable bonds is 7. The molecule has 1 aliphatic rings. The van der Waals surface area contributed by atoms with Gasteiger partial charge in [-0.2, -0.15) is 4.72 Å². The van der Waals surface area contributed by atoms with Crippen LogP contribution in [0.25, 0.3) is 0 Å². The van der Waals surface area contributed by atoms with Crippen LogP contribution in [0.5, 0.6) is 11.5 Å². The third-order valence-corrected chi connectivity index (χ3v) is 5.97. The number of carboxylic acid groups (broad SMARTS) is 1. The molecule has 3 N–H and O–H groups in total. The van der Waals surface area contributed by atoms with Gasteiger partial charge in [-0.25, -0.2) is 8.42 Å². The molecule has 8 heteroatoms. The Morgan fingerprint density at radius 1 is 1.04 bits per heavy atom. The molecule has 1 unspecified atom stereocenters. The van der Waals surface area contributed by atoms with Gasteiger partial charge in [0.15, 0.2) is 0 Å². The maximum atomic E-state index is 12.6. The first-order valence-electron chi connectivity index (χ1n) is 8.74. The number of hydrogen-bond donors (Lipinski definition) is 3. The topological polar surface area (TPSA) is 105 Å². The molecule has 2 aromatic rings. The zero-order valence-electron chi connectivity index (χ0n) is 14.7. The maximum Gasteiger partial charge on any atom is 0.322 e. The van der Waals surface area contributed by atoms with Gasteiger partial charge in [-0.1, -0.05) is 18.2 Å². The molecule has 1 fully saturated rings. The number of ether oxygens (including phenoxy) is 1. The molecule has 1 heterocycles. The second-order valence-corrected chi connectivity index (χ2v) is 8.13. The van der Waals surface area contributed by atoms with E-state index in [0.29, 0.717) is 37.4 Å². The summed E-state index contributed by atoms with van der Waals surface area (Å²) >= 11 is 0. The van der Waals surface area contributed by atoms with Gasteiger partial charge in [0.05, 0.1) is 4.90 Å². The predicted molar refractivity (Wildman–Crippen MR) is 100 cm³/mol. The van der Waals surface area contributed by atoms with Crippen LogP contribution < -0.4 is 14.8 Å². The fourth-order valence-corrected chi connectivity index (χ4v) is 4.33. The van der Waals surface area contributed by atoms with Crippen LogP contribution in [0.2, 0.25) is 0 Å². The Morgan fingerprint density at radius 2 is 1.63 bits per heavy atom. The highest BCUT2D eigenvalue weighted by atomic mass is 32.2. The molecule has 0 saturated carbocycles. The van der Waals surface area contributed by atoms with E-state index in [-0.39, 0.29) is 10.8 Å². The van der Waals surface area contributed by atoms with E-state index in [1.54, 1.807) is 24.3 Å². The minimum Gasteiger partial charge on any atom is -0.480 e. The standard InChI is InChI=1S/C19H22N2O5S/c22-19(23)18(14-10-12-20-13-11-14)21-27(24,25)17-8-6-16(7-9-17)26-15-4-2-1-3-5-15/h1-9,14,18,20-21H,10-13H2,(H,22,23). The molecule has 2 aromatic carbocycles. The number of carbonyl (C=O) groups is 1. The lowest BCUT2D eigenvalue weighted by Crippen LogP contribution is -2.48.